The summed E-state index contributed by atoms with van der Waals surface area (Å²) in [6.45, 7) is 2.31. The van der Waals surface area contributed by atoms with Crippen molar-refractivity contribution in [2.24, 2.45) is 0 Å². The van der Waals surface area contributed by atoms with Crippen LogP contribution in [0.3, 0.4) is 0 Å². The van der Waals surface area contributed by atoms with Crippen molar-refractivity contribution in [2.45, 2.75) is 25.5 Å². The van der Waals surface area contributed by atoms with E-state index in [2.05, 4.69) is 0 Å². The second-order valence-electron chi connectivity index (χ2n) is 5.19. The number of rotatable bonds is 4. The van der Waals surface area contributed by atoms with Crippen molar-refractivity contribution >= 4 is 23.5 Å². The first-order chi connectivity index (χ1) is 9.38. The molecule has 0 aromatic heterocycles. The lowest BCUT2D eigenvalue weighted by Gasteiger charge is -2.39. The van der Waals surface area contributed by atoms with Gasteiger partial charge in [-0.25, -0.2) is 0 Å². The first-order valence-electron chi connectivity index (χ1n) is 6.26. The molecule has 0 aliphatic carbocycles. The van der Waals surface area contributed by atoms with Gasteiger partial charge in [0.05, 0.1) is 18.6 Å². The smallest absolute Gasteiger partial charge is 0.306 e. The third-order valence-corrected chi connectivity index (χ3v) is 3.49. The third kappa shape index (κ3) is 3.71. The number of benzene rings is 1. The van der Waals surface area contributed by atoms with Crippen molar-refractivity contribution in [1.29, 1.82) is 0 Å². The molecule has 6 heteroatoms. The topological polar surface area (TPSA) is 66.8 Å². The van der Waals surface area contributed by atoms with Gasteiger partial charge in [0.1, 0.15) is 6.61 Å². The van der Waals surface area contributed by atoms with Crippen LogP contribution in [0.25, 0.3) is 0 Å². The molecule has 1 aliphatic heterocycles. The average Bonchev–Trinajstić information content (AvgIpc) is 2.36. The van der Waals surface area contributed by atoms with Crippen LogP contribution in [-0.2, 0) is 20.9 Å². The Labute approximate surface area is 122 Å². The molecule has 0 spiro atoms. The number of carbonyl (C=O) groups excluding carboxylic acids is 1. The van der Waals surface area contributed by atoms with Gasteiger partial charge in [0, 0.05) is 11.6 Å². The molecule has 1 aromatic rings. The number of hydrogen-bond acceptors (Lipinski definition) is 3. The number of hydrogen-bond donors (Lipinski definition) is 1. The van der Waals surface area contributed by atoms with Gasteiger partial charge in [-0.3, -0.25) is 9.59 Å². The fourth-order valence-electron chi connectivity index (χ4n) is 2.25. The van der Waals surface area contributed by atoms with Crippen LogP contribution in [0.2, 0.25) is 5.02 Å². The van der Waals surface area contributed by atoms with E-state index in [1.165, 1.54) is 0 Å². The summed E-state index contributed by atoms with van der Waals surface area (Å²) in [4.78, 5) is 24.3. The molecule has 0 bridgehead atoms. The van der Waals surface area contributed by atoms with E-state index < -0.39 is 11.6 Å². The molecule has 1 fully saturated rings. The lowest BCUT2D eigenvalue weighted by Crippen LogP contribution is -2.53. The molecule has 5 nitrogen and oxygen atoms in total. The maximum Gasteiger partial charge on any atom is 0.306 e. The molecule has 0 radical (unpaired) electrons. The average molecular weight is 298 g/mol. The van der Waals surface area contributed by atoms with E-state index in [9.17, 15) is 9.59 Å². The zero-order valence-electron chi connectivity index (χ0n) is 11.1. The first-order valence-corrected chi connectivity index (χ1v) is 6.64. The highest BCUT2D eigenvalue weighted by molar-refractivity contribution is 6.30. The normalized spacial score (nSPS) is 22.9. The summed E-state index contributed by atoms with van der Waals surface area (Å²) < 4.78 is 5.38. The van der Waals surface area contributed by atoms with E-state index >= 15 is 0 Å². The van der Waals surface area contributed by atoms with Crippen LogP contribution in [0.5, 0.6) is 0 Å². The Hall–Kier alpha value is -1.59. The van der Waals surface area contributed by atoms with E-state index in [4.69, 9.17) is 21.4 Å². The summed E-state index contributed by atoms with van der Waals surface area (Å²) in [6, 6.07) is 7.22. The zero-order chi connectivity index (χ0) is 14.8. The minimum absolute atomic E-state index is 0.0859. The Kier molecular flexibility index (Phi) is 4.30. The molecule has 1 N–H and O–H groups in total. The Morgan fingerprint density at radius 2 is 2.10 bits per heavy atom. The highest BCUT2D eigenvalue weighted by Gasteiger charge is 2.37. The number of carboxylic acids is 1. The number of carbonyl (C=O) groups is 2. The Bertz CT molecular complexity index is 516. The van der Waals surface area contributed by atoms with E-state index in [-0.39, 0.29) is 25.5 Å². The van der Waals surface area contributed by atoms with Gasteiger partial charge in [-0.1, -0.05) is 23.7 Å². The summed E-state index contributed by atoms with van der Waals surface area (Å²) in [6.07, 6.45) is -0.128. The third-order valence-electron chi connectivity index (χ3n) is 3.23. The molecule has 0 saturated carbocycles. The zero-order valence-corrected chi connectivity index (χ0v) is 11.9. The second kappa shape index (κ2) is 5.81. The first kappa shape index (κ1) is 14.8. The fourth-order valence-corrected chi connectivity index (χ4v) is 2.37. The molecule has 1 atom stereocenters. The van der Waals surface area contributed by atoms with Crippen molar-refractivity contribution in [1.82, 2.24) is 4.90 Å². The quantitative estimate of drug-likeness (QED) is 0.922. The Balaban J connectivity index is 2.07. The SMILES string of the molecule is CC1(CC(=O)O)CN(Cc2ccc(Cl)cc2)C(=O)CO1. The summed E-state index contributed by atoms with van der Waals surface area (Å²) in [5.74, 6) is -1.07. The van der Waals surface area contributed by atoms with Crippen molar-refractivity contribution in [3.63, 3.8) is 0 Å². The van der Waals surface area contributed by atoms with Crippen LogP contribution in [0.15, 0.2) is 24.3 Å². The Morgan fingerprint density at radius 1 is 1.45 bits per heavy atom. The number of carboxylic acid groups (broad SMARTS) is 1. The molecule has 1 aliphatic rings. The molecule has 1 unspecified atom stereocenters. The number of aliphatic carboxylic acids is 1. The van der Waals surface area contributed by atoms with E-state index in [1.807, 2.05) is 12.1 Å². The summed E-state index contributed by atoms with van der Waals surface area (Å²) in [5.41, 5.74) is 0.105. The van der Waals surface area contributed by atoms with Gasteiger partial charge in [-0.2, -0.15) is 0 Å². The van der Waals surface area contributed by atoms with E-state index in [0.29, 0.717) is 11.6 Å². The standard InChI is InChI=1S/C14H16ClNO4/c1-14(6-13(18)19)9-16(12(17)8-20-14)7-10-2-4-11(15)5-3-10/h2-5H,6-9H2,1H3,(H,18,19). The lowest BCUT2D eigenvalue weighted by atomic mass is 9.99. The highest BCUT2D eigenvalue weighted by Crippen LogP contribution is 2.23. The van der Waals surface area contributed by atoms with Gasteiger partial charge >= 0.3 is 5.97 Å². The number of halogens is 1. The number of nitrogens with zero attached hydrogens (tertiary/aromatic N) is 1. The molecule has 2 rings (SSSR count). The minimum Gasteiger partial charge on any atom is -0.481 e. The van der Waals surface area contributed by atoms with E-state index in [0.717, 1.165) is 5.56 Å². The van der Waals surface area contributed by atoms with Gasteiger partial charge in [-0.15, -0.1) is 0 Å². The maximum atomic E-state index is 11.9. The van der Waals surface area contributed by atoms with Gasteiger partial charge in [0.25, 0.3) is 0 Å². The monoisotopic (exact) mass is 297 g/mol. The van der Waals surface area contributed by atoms with Gasteiger partial charge in [-0.05, 0) is 24.6 Å². The number of morpholine rings is 1. The van der Waals surface area contributed by atoms with Crippen LogP contribution in [-0.4, -0.2) is 40.6 Å². The van der Waals surface area contributed by atoms with Crippen molar-refractivity contribution in [3.8, 4) is 0 Å². The van der Waals surface area contributed by atoms with Crippen molar-refractivity contribution < 1.29 is 19.4 Å². The van der Waals surface area contributed by atoms with Crippen LogP contribution in [0, 0.1) is 0 Å². The van der Waals surface area contributed by atoms with Crippen LogP contribution in [0.4, 0.5) is 0 Å². The minimum atomic E-state index is -0.937. The van der Waals surface area contributed by atoms with Gasteiger partial charge in [0.15, 0.2) is 0 Å². The maximum absolute atomic E-state index is 11.9. The van der Waals surface area contributed by atoms with Crippen molar-refractivity contribution in [3.05, 3.63) is 34.9 Å². The fraction of sp³-hybridized carbons (Fsp3) is 0.429. The molecule has 108 valence electrons. The van der Waals surface area contributed by atoms with Crippen LogP contribution in [0.1, 0.15) is 18.9 Å². The predicted octanol–water partition coefficient (Wildman–Crippen LogP) is 1.93. The number of ether oxygens (including phenoxy) is 1. The van der Waals surface area contributed by atoms with Gasteiger partial charge in [0.2, 0.25) is 5.91 Å². The highest BCUT2D eigenvalue weighted by atomic mass is 35.5. The summed E-state index contributed by atoms with van der Waals surface area (Å²) >= 11 is 5.82. The molecule has 1 heterocycles. The molecule has 1 saturated heterocycles. The predicted molar refractivity (Wildman–Crippen MR) is 73.5 cm³/mol. The molecule has 20 heavy (non-hydrogen) atoms. The summed E-state index contributed by atoms with van der Waals surface area (Å²) in [5, 5.41) is 9.54. The lowest BCUT2D eigenvalue weighted by molar-refractivity contribution is -0.169. The molecular formula is C14H16ClNO4. The molecule has 1 aromatic carbocycles. The largest absolute Gasteiger partial charge is 0.481 e. The second-order valence-corrected chi connectivity index (χ2v) is 5.62. The molecular weight excluding hydrogens is 282 g/mol. The molecule has 1 amide bonds. The van der Waals surface area contributed by atoms with Gasteiger partial charge < -0.3 is 14.7 Å². The van der Waals surface area contributed by atoms with Crippen LogP contribution >= 0.6 is 11.6 Å². The van der Waals surface area contributed by atoms with E-state index in [1.54, 1.807) is 24.0 Å². The Morgan fingerprint density at radius 3 is 2.70 bits per heavy atom. The van der Waals surface area contributed by atoms with Crippen LogP contribution < -0.4 is 0 Å². The van der Waals surface area contributed by atoms with Crippen molar-refractivity contribution in [2.75, 3.05) is 13.2 Å². The summed E-state index contributed by atoms with van der Waals surface area (Å²) in [7, 11) is 0. The number of amides is 1.